The van der Waals surface area contributed by atoms with E-state index in [2.05, 4.69) is 16.0 Å². The van der Waals surface area contributed by atoms with Gasteiger partial charge in [0.2, 0.25) is 17.7 Å². The molecule has 0 unspecified atom stereocenters. The normalized spacial score (nSPS) is 9.41. The van der Waals surface area contributed by atoms with E-state index in [1.807, 2.05) is 0 Å². The molecule has 1 aromatic carbocycles. The van der Waals surface area contributed by atoms with Crippen LogP contribution in [0, 0.1) is 0 Å². The highest BCUT2D eigenvalue weighted by Gasteiger charge is 2.09. The molecule has 0 aliphatic rings. The van der Waals surface area contributed by atoms with E-state index in [0.29, 0.717) is 15.7 Å². The van der Waals surface area contributed by atoms with Gasteiger partial charge in [-0.3, -0.25) is 14.4 Å². The molecular weight excluding hydrogens is 355 g/mol. The molecule has 122 valence electrons. The molecule has 10 heteroatoms. The summed E-state index contributed by atoms with van der Waals surface area (Å²) in [6.45, 7) is -0.720. The van der Waals surface area contributed by atoms with Crippen molar-refractivity contribution in [3.05, 3.63) is 28.2 Å². The largest absolute Gasteiger partial charge is 0.346 e. The minimum atomic E-state index is -0.510. The Kier molecular flexibility index (Phi) is 9.51. The Morgan fingerprint density at radius 3 is 2.23 bits per heavy atom. The molecule has 5 N–H and O–H groups in total. The zero-order chi connectivity index (χ0) is 15.8. The van der Waals surface area contributed by atoms with Gasteiger partial charge in [0, 0.05) is 5.02 Å². The van der Waals surface area contributed by atoms with Gasteiger partial charge in [0.1, 0.15) is 0 Å². The number of benzene rings is 1. The average Bonchev–Trinajstić information content (AvgIpc) is 2.46. The third-order valence-electron chi connectivity index (χ3n) is 2.28. The molecule has 0 radical (unpaired) electrons. The minimum absolute atomic E-state index is 0. The van der Waals surface area contributed by atoms with Gasteiger partial charge in [-0.1, -0.05) is 23.2 Å². The van der Waals surface area contributed by atoms with Gasteiger partial charge in [-0.2, -0.15) is 0 Å². The van der Waals surface area contributed by atoms with Gasteiger partial charge < -0.3 is 21.7 Å². The summed E-state index contributed by atoms with van der Waals surface area (Å²) in [6, 6.07) is 4.62. The second kappa shape index (κ2) is 10.2. The first-order valence-corrected chi connectivity index (χ1v) is 6.66. The smallest absolute Gasteiger partial charge is 0.243 e. The van der Waals surface area contributed by atoms with E-state index >= 15 is 0 Å². The molecule has 0 heterocycles. The third kappa shape index (κ3) is 7.46. The van der Waals surface area contributed by atoms with Crippen LogP contribution in [0.1, 0.15) is 0 Å². The Morgan fingerprint density at radius 1 is 1.00 bits per heavy atom. The molecule has 0 atom stereocenters. The van der Waals surface area contributed by atoms with Crippen molar-refractivity contribution in [3.63, 3.8) is 0 Å². The standard InChI is InChI=1S/C12H14Cl2N4O3.ClH/c13-7-1-2-8(14)9(3-7)18-12(21)6-17-11(20)5-16-10(19)4-15;/h1-3H,4-6,15H2,(H,16,19)(H,17,20)(H,18,21);1H. The van der Waals surface area contributed by atoms with Crippen molar-refractivity contribution in [2.75, 3.05) is 25.0 Å². The number of nitrogens with one attached hydrogen (secondary N) is 3. The van der Waals surface area contributed by atoms with E-state index in [9.17, 15) is 14.4 Å². The van der Waals surface area contributed by atoms with E-state index in [-0.39, 0.29) is 32.0 Å². The van der Waals surface area contributed by atoms with Crippen LogP contribution in [0.25, 0.3) is 0 Å². The van der Waals surface area contributed by atoms with Crippen molar-refractivity contribution in [1.82, 2.24) is 10.6 Å². The molecular formula is C12H15Cl3N4O3. The van der Waals surface area contributed by atoms with Crippen molar-refractivity contribution in [3.8, 4) is 0 Å². The molecule has 0 spiro atoms. The summed E-state index contributed by atoms with van der Waals surface area (Å²) in [5.74, 6) is -1.44. The lowest BCUT2D eigenvalue weighted by atomic mass is 10.3. The van der Waals surface area contributed by atoms with Crippen LogP contribution in [0.5, 0.6) is 0 Å². The molecule has 0 fully saturated rings. The highest BCUT2D eigenvalue weighted by molar-refractivity contribution is 6.35. The molecule has 0 aromatic heterocycles. The fourth-order valence-corrected chi connectivity index (χ4v) is 1.62. The summed E-state index contributed by atoms with van der Waals surface area (Å²) in [5.41, 5.74) is 5.41. The van der Waals surface area contributed by atoms with Gasteiger partial charge >= 0.3 is 0 Å². The predicted molar refractivity (Wildman–Crippen MR) is 87.4 cm³/mol. The van der Waals surface area contributed by atoms with Crippen molar-refractivity contribution in [1.29, 1.82) is 0 Å². The fourth-order valence-electron chi connectivity index (χ4n) is 1.28. The first-order chi connectivity index (χ1) is 9.92. The molecule has 1 aromatic rings. The number of carbonyl (C=O) groups excluding carboxylic acids is 3. The summed E-state index contributed by atoms with van der Waals surface area (Å²) in [5, 5.41) is 7.86. The van der Waals surface area contributed by atoms with E-state index in [1.165, 1.54) is 6.07 Å². The topological polar surface area (TPSA) is 113 Å². The lowest BCUT2D eigenvalue weighted by Gasteiger charge is -2.09. The first-order valence-electron chi connectivity index (χ1n) is 5.90. The summed E-state index contributed by atoms with van der Waals surface area (Å²) in [7, 11) is 0. The SMILES string of the molecule is Cl.NCC(=O)NCC(=O)NCC(=O)Nc1cc(Cl)ccc1Cl. The number of carbonyl (C=O) groups is 3. The molecule has 0 bridgehead atoms. The monoisotopic (exact) mass is 368 g/mol. The summed E-state index contributed by atoms with van der Waals surface area (Å²) in [4.78, 5) is 33.8. The number of amides is 3. The Balaban J connectivity index is 0.00000441. The average molecular weight is 370 g/mol. The highest BCUT2D eigenvalue weighted by atomic mass is 35.5. The highest BCUT2D eigenvalue weighted by Crippen LogP contribution is 2.25. The first kappa shape index (κ1) is 20.5. The van der Waals surface area contributed by atoms with Crippen LogP contribution in [0.3, 0.4) is 0 Å². The van der Waals surface area contributed by atoms with Crippen molar-refractivity contribution in [2.24, 2.45) is 5.73 Å². The van der Waals surface area contributed by atoms with Crippen LogP contribution in [0.2, 0.25) is 10.0 Å². The second-order valence-electron chi connectivity index (χ2n) is 3.93. The van der Waals surface area contributed by atoms with Gasteiger partial charge in [-0.25, -0.2) is 0 Å². The van der Waals surface area contributed by atoms with Gasteiger partial charge in [0.25, 0.3) is 0 Å². The summed E-state index contributed by atoms with van der Waals surface area (Å²) >= 11 is 11.7. The van der Waals surface area contributed by atoms with Gasteiger partial charge in [-0.15, -0.1) is 12.4 Å². The van der Waals surface area contributed by atoms with Crippen molar-refractivity contribution >= 4 is 59.0 Å². The van der Waals surface area contributed by atoms with Crippen molar-refractivity contribution in [2.45, 2.75) is 0 Å². The molecule has 0 aliphatic carbocycles. The van der Waals surface area contributed by atoms with Crippen LogP contribution >= 0.6 is 35.6 Å². The fraction of sp³-hybridized carbons (Fsp3) is 0.250. The van der Waals surface area contributed by atoms with Gasteiger partial charge in [-0.05, 0) is 18.2 Å². The Morgan fingerprint density at radius 2 is 1.59 bits per heavy atom. The number of halogens is 3. The molecule has 0 aliphatic heterocycles. The van der Waals surface area contributed by atoms with E-state index in [4.69, 9.17) is 28.9 Å². The molecule has 0 saturated carbocycles. The third-order valence-corrected chi connectivity index (χ3v) is 2.84. The molecule has 1 rings (SSSR count). The Hall–Kier alpha value is -1.54. The number of hydrogen-bond donors (Lipinski definition) is 4. The van der Waals surface area contributed by atoms with Gasteiger partial charge in [0.05, 0.1) is 30.3 Å². The zero-order valence-corrected chi connectivity index (χ0v) is 13.6. The van der Waals surface area contributed by atoms with E-state index < -0.39 is 17.7 Å². The Bertz CT molecular complexity index is 554. The van der Waals surface area contributed by atoms with Crippen LogP contribution in [0.15, 0.2) is 18.2 Å². The molecule has 7 nitrogen and oxygen atoms in total. The Labute approximate surface area is 143 Å². The maximum atomic E-state index is 11.6. The molecule has 0 saturated heterocycles. The maximum Gasteiger partial charge on any atom is 0.243 e. The molecule has 22 heavy (non-hydrogen) atoms. The van der Waals surface area contributed by atoms with Crippen LogP contribution < -0.4 is 21.7 Å². The zero-order valence-electron chi connectivity index (χ0n) is 11.3. The van der Waals surface area contributed by atoms with Crippen LogP contribution in [-0.4, -0.2) is 37.4 Å². The molecule has 3 amide bonds. The minimum Gasteiger partial charge on any atom is -0.346 e. The van der Waals surface area contributed by atoms with E-state index in [0.717, 1.165) is 0 Å². The summed E-state index contributed by atoms with van der Waals surface area (Å²) < 4.78 is 0. The number of hydrogen-bond acceptors (Lipinski definition) is 4. The number of rotatable bonds is 6. The second-order valence-corrected chi connectivity index (χ2v) is 4.77. The summed E-state index contributed by atoms with van der Waals surface area (Å²) in [6.07, 6.45) is 0. The van der Waals surface area contributed by atoms with E-state index in [1.54, 1.807) is 12.1 Å². The predicted octanol–water partition coefficient (Wildman–Crippen LogP) is 0.545. The maximum absolute atomic E-state index is 11.6. The lowest BCUT2D eigenvalue weighted by molar-refractivity contribution is -0.126. The quantitative estimate of drug-likeness (QED) is 0.586. The van der Waals surface area contributed by atoms with Crippen molar-refractivity contribution < 1.29 is 14.4 Å². The van der Waals surface area contributed by atoms with Gasteiger partial charge in [0.15, 0.2) is 0 Å². The lowest BCUT2D eigenvalue weighted by Crippen LogP contribution is -2.41. The van der Waals surface area contributed by atoms with Crippen LogP contribution in [0.4, 0.5) is 5.69 Å². The number of anilines is 1. The number of nitrogens with two attached hydrogens (primary N) is 1. The van der Waals surface area contributed by atoms with Crippen LogP contribution in [-0.2, 0) is 14.4 Å².